The van der Waals surface area contributed by atoms with Crippen LogP contribution in [0.5, 0.6) is 0 Å². The fourth-order valence-electron chi connectivity index (χ4n) is 2.12. The van der Waals surface area contributed by atoms with Crippen molar-refractivity contribution in [3.05, 3.63) is 28.7 Å². The standard InChI is InChI=1S/C12H15BrN2O2/c1-8-6-14-12(17)11(7-16)15(8)10-4-2-9(13)3-5-10/h2-5,8,11,16H,6-7H2,1H3,(H,14,17). The molecule has 1 aliphatic rings. The predicted octanol–water partition coefficient (Wildman–Crippen LogP) is 1.13. The van der Waals surface area contributed by atoms with Gasteiger partial charge in [0, 0.05) is 22.7 Å². The highest BCUT2D eigenvalue weighted by molar-refractivity contribution is 9.10. The zero-order valence-corrected chi connectivity index (χ0v) is 11.1. The van der Waals surface area contributed by atoms with E-state index in [1.54, 1.807) is 0 Å². The van der Waals surface area contributed by atoms with Gasteiger partial charge in [0.2, 0.25) is 5.91 Å². The van der Waals surface area contributed by atoms with Crippen LogP contribution in [0.1, 0.15) is 6.92 Å². The number of carbonyl (C=O) groups is 1. The third-order valence-electron chi connectivity index (χ3n) is 2.98. The largest absolute Gasteiger partial charge is 0.394 e. The minimum Gasteiger partial charge on any atom is -0.394 e. The minimum atomic E-state index is -0.500. The van der Waals surface area contributed by atoms with E-state index in [1.165, 1.54) is 0 Å². The summed E-state index contributed by atoms with van der Waals surface area (Å²) in [5.41, 5.74) is 0.953. The fourth-order valence-corrected chi connectivity index (χ4v) is 2.38. The molecule has 5 heteroatoms. The summed E-state index contributed by atoms with van der Waals surface area (Å²) in [6, 6.07) is 7.43. The second-order valence-corrected chi connectivity index (χ2v) is 5.09. The van der Waals surface area contributed by atoms with Crippen LogP contribution in [-0.2, 0) is 4.79 Å². The average Bonchev–Trinajstić information content (AvgIpc) is 2.33. The van der Waals surface area contributed by atoms with Crippen LogP contribution in [0.2, 0.25) is 0 Å². The van der Waals surface area contributed by atoms with E-state index in [4.69, 9.17) is 0 Å². The second kappa shape index (κ2) is 5.06. The van der Waals surface area contributed by atoms with Crippen molar-refractivity contribution in [2.45, 2.75) is 19.0 Å². The number of nitrogens with zero attached hydrogens (tertiary/aromatic N) is 1. The van der Waals surface area contributed by atoms with Gasteiger partial charge in [-0.15, -0.1) is 0 Å². The highest BCUT2D eigenvalue weighted by Gasteiger charge is 2.33. The Balaban J connectivity index is 2.32. The topological polar surface area (TPSA) is 52.6 Å². The molecule has 0 bridgehead atoms. The lowest BCUT2D eigenvalue weighted by Gasteiger charge is -2.41. The van der Waals surface area contributed by atoms with E-state index in [2.05, 4.69) is 21.2 Å². The van der Waals surface area contributed by atoms with Gasteiger partial charge in [-0.25, -0.2) is 0 Å². The zero-order valence-electron chi connectivity index (χ0n) is 9.56. The minimum absolute atomic E-state index is 0.117. The molecular weight excluding hydrogens is 284 g/mol. The highest BCUT2D eigenvalue weighted by atomic mass is 79.9. The van der Waals surface area contributed by atoms with Crippen LogP contribution >= 0.6 is 15.9 Å². The first kappa shape index (κ1) is 12.4. The Labute approximate surface area is 109 Å². The van der Waals surface area contributed by atoms with Gasteiger partial charge in [-0.1, -0.05) is 15.9 Å². The molecule has 1 amide bonds. The zero-order chi connectivity index (χ0) is 12.4. The molecule has 2 N–H and O–H groups in total. The molecular formula is C12H15BrN2O2. The number of anilines is 1. The van der Waals surface area contributed by atoms with E-state index in [0.29, 0.717) is 6.54 Å². The lowest BCUT2D eigenvalue weighted by molar-refractivity contribution is -0.124. The molecule has 0 radical (unpaired) electrons. The van der Waals surface area contributed by atoms with E-state index in [-0.39, 0.29) is 18.6 Å². The Morgan fingerprint density at radius 1 is 1.47 bits per heavy atom. The number of hydrogen-bond donors (Lipinski definition) is 2. The first-order valence-corrected chi connectivity index (χ1v) is 6.35. The maximum atomic E-state index is 11.7. The van der Waals surface area contributed by atoms with Crippen LogP contribution in [0.25, 0.3) is 0 Å². The Bertz CT molecular complexity index is 407. The van der Waals surface area contributed by atoms with Crippen LogP contribution in [0, 0.1) is 0 Å². The number of aliphatic hydroxyl groups excluding tert-OH is 1. The van der Waals surface area contributed by atoms with E-state index in [9.17, 15) is 9.90 Å². The summed E-state index contributed by atoms with van der Waals surface area (Å²) in [6.45, 7) is 2.46. The number of aliphatic hydroxyl groups is 1. The molecule has 1 fully saturated rings. The van der Waals surface area contributed by atoms with E-state index >= 15 is 0 Å². The highest BCUT2D eigenvalue weighted by Crippen LogP contribution is 2.24. The quantitative estimate of drug-likeness (QED) is 0.861. The van der Waals surface area contributed by atoms with Gasteiger partial charge < -0.3 is 15.3 Å². The molecule has 1 aliphatic heterocycles. The van der Waals surface area contributed by atoms with Crippen LogP contribution in [-0.4, -0.2) is 36.2 Å². The molecule has 1 heterocycles. The smallest absolute Gasteiger partial charge is 0.245 e. The number of piperazine rings is 1. The monoisotopic (exact) mass is 298 g/mol. The van der Waals surface area contributed by atoms with Gasteiger partial charge in [0.1, 0.15) is 6.04 Å². The van der Waals surface area contributed by atoms with Crippen LogP contribution in [0.3, 0.4) is 0 Å². The van der Waals surface area contributed by atoms with Gasteiger partial charge >= 0.3 is 0 Å². The molecule has 0 saturated carbocycles. The number of rotatable bonds is 2. The Hall–Kier alpha value is -1.07. The van der Waals surface area contributed by atoms with Crippen molar-refractivity contribution in [2.24, 2.45) is 0 Å². The average molecular weight is 299 g/mol. The third kappa shape index (κ3) is 2.45. The maximum absolute atomic E-state index is 11.7. The van der Waals surface area contributed by atoms with Crippen molar-refractivity contribution in [1.82, 2.24) is 5.32 Å². The summed E-state index contributed by atoms with van der Waals surface area (Å²) >= 11 is 3.38. The van der Waals surface area contributed by atoms with Crippen molar-refractivity contribution in [3.63, 3.8) is 0 Å². The Morgan fingerprint density at radius 3 is 2.71 bits per heavy atom. The van der Waals surface area contributed by atoms with Crippen molar-refractivity contribution >= 4 is 27.5 Å². The lowest BCUT2D eigenvalue weighted by Crippen LogP contribution is -2.61. The summed E-state index contributed by atoms with van der Waals surface area (Å²) in [7, 11) is 0. The number of benzene rings is 1. The number of amides is 1. The summed E-state index contributed by atoms with van der Waals surface area (Å²) in [5.74, 6) is -0.117. The van der Waals surface area contributed by atoms with E-state index in [0.717, 1.165) is 10.2 Å². The number of halogens is 1. The molecule has 0 aliphatic carbocycles. The molecule has 2 rings (SSSR count). The molecule has 2 atom stereocenters. The van der Waals surface area contributed by atoms with E-state index < -0.39 is 6.04 Å². The number of hydrogen-bond acceptors (Lipinski definition) is 3. The molecule has 1 aromatic rings. The van der Waals surface area contributed by atoms with Gasteiger partial charge in [0.15, 0.2) is 0 Å². The Kier molecular flexibility index (Phi) is 3.69. The Morgan fingerprint density at radius 2 is 2.12 bits per heavy atom. The van der Waals surface area contributed by atoms with Gasteiger partial charge in [0.05, 0.1) is 6.61 Å². The van der Waals surface area contributed by atoms with Crippen LogP contribution in [0.4, 0.5) is 5.69 Å². The molecule has 92 valence electrons. The third-order valence-corrected chi connectivity index (χ3v) is 3.51. The number of carbonyl (C=O) groups excluding carboxylic acids is 1. The summed E-state index contributed by atoms with van der Waals surface area (Å²) in [5, 5.41) is 12.1. The van der Waals surface area contributed by atoms with Gasteiger partial charge in [-0.3, -0.25) is 4.79 Å². The summed E-state index contributed by atoms with van der Waals surface area (Å²) < 4.78 is 0.996. The van der Waals surface area contributed by atoms with Crippen molar-refractivity contribution in [1.29, 1.82) is 0 Å². The first-order valence-electron chi connectivity index (χ1n) is 5.56. The molecule has 1 saturated heterocycles. The van der Waals surface area contributed by atoms with Crippen LogP contribution < -0.4 is 10.2 Å². The predicted molar refractivity (Wildman–Crippen MR) is 70.0 cm³/mol. The van der Waals surface area contributed by atoms with Gasteiger partial charge in [0.25, 0.3) is 0 Å². The molecule has 4 nitrogen and oxygen atoms in total. The molecule has 0 aromatic heterocycles. The lowest BCUT2D eigenvalue weighted by atomic mass is 10.1. The second-order valence-electron chi connectivity index (χ2n) is 4.18. The van der Waals surface area contributed by atoms with Crippen LogP contribution in [0.15, 0.2) is 28.7 Å². The van der Waals surface area contributed by atoms with Crippen molar-refractivity contribution < 1.29 is 9.90 Å². The van der Waals surface area contributed by atoms with Crippen molar-refractivity contribution in [2.75, 3.05) is 18.1 Å². The molecule has 0 spiro atoms. The molecule has 17 heavy (non-hydrogen) atoms. The fraction of sp³-hybridized carbons (Fsp3) is 0.417. The first-order chi connectivity index (χ1) is 8.13. The van der Waals surface area contributed by atoms with E-state index in [1.807, 2.05) is 36.1 Å². The molecule has 2 unspecified atom stereocenters. The maximum Gasteiger partial charge on any atom is 0.245 e. The van der Waals surface area contributed by atoms with Crippen molar-refractivity contribution in [3.8, 4) is 0 Å². The van der Waals surface area contributed by atoms with Gasteiger partial charge in [-0.05, 0) is 31.2 Å². The summed E-state index contributed by atoms with van der Waals surface area (Å²) in [6.07, 6.45) is 0. The normalized spacial score (nSPS) is 24.6. The van der Waals surface area contributed by atoms with Gasteiger partial charge in [-0.2, -0.15) is 0 Å². The number of nitrogens with one attached hydrogen (secondary N) is 1. The molecule has 1 aromatic carbocycles. The SMILES string of the molecule is CC1CNC(=O)C(CO)N1c1ccc(Br)cc1. The summed E-state index contributed by atoms with van der Waals surface area (Å²) in [4.78, 5) is 13.7.